The maximum absolute atomic E-state index is 12.5. The molecule has 124 valence electrons. The van der Waals surface area contributed by atoms with Gasteiger partial charge in [-0.15, -0.1) is 0 Å². The third-order valence-corrected chi connectivity index (χ3v) is 5.35. The van der Waals surface area contributed by atoms with E-state index in [1.54, 1.807) is 0 Å². The largest absolute Gasteiger partial charge is 0.493 e. The van der Waals surface area contributed by atoms with Gasteiger partial charge in [0, 0.05) is 17.4 Å². The van der Waals surface area contributed by atoms with Crippen molar-refractivity contribution < 1.29 is 9.53 Å². The summed E-state index contributed by atoms with van der Waals surface area (Å²) in [4.78, 5) is 12.5. The van der Waals surface area contributed by atoms with E-state index in [0.717, 1.165) is 41.3 Å². The Balaban J connectivity index is 1.41. The summed E-state index contributed by atoms with van der Waals surface area (Å²) in [5.74, 6) is 1.37. The zero-order chi connectivity index (χ0) is 16.7. The minimum atomic E-state index is -0.00380. The van der Waals surface area contributed by atoms with Crippen LogP contribution in [0.5, 0.6) is 5.75 Å². The van der Waals surface area contributed by atoms with E-state index >= 15 is 0 Å². The van der Waals surface area contributed by atoms with Crippen molar-refractivity contribution in [2.45, 2.75) is 31.7 Å². The molecular formula is C20H20ClNO2. The van der Waals surface area contributed by atoms with Crippen LogP contribution in [0.3, 0.4) is 0 Å². The zero-order valence-corrected chi connectivity index (χ0v) is 14.3. The third-order valence-electron chi connectivity index (χ3n) is 5.00. The summed E-state index contributed by atoms with van der Waals surface area (Å²) in [6.45, 7) is 2.78. The number of amides is 1. The second-order valence-corrected chi connectivity index (χ2v) is 7.07. The first-order valence-electron chi connectivity index (χ1n) is 8.44. The minimum Gasteiger partial charge on any atom is -0.493 e. The molecule has 1 fully saturated rings. The predicted octanol–water partition coefficient (Wildman–Crippen LogP) is 4.26. The van der Waals surface area contributed by atoms with Gasteiger partial charge in [-0.05, 0) is 54.2 Å². The predicted molar refractivity (Wildman–Crippen MR) is 94.5 cm³/mol. The first-order valence-corrected chi connectivity index (χ1v) is 8.81. The van der Waals surface area contributed by atoms with Gasteiger partial charge in [-0.1, -0.05) is 35.9 Å². The molecule has 1 heterocycles. The fourth-order valence-corrected chi connectivity index (χ4v) is 3.76. The number of benzene rings is 2. The second-order valence-electron chi connectivity index (χ2n) is 6.67. The van der Waals surface area contributed by atoms with Crippen molar-refractivity contribution in [2.75, 3.05) is 6.61 Å². The Labute approximate surface area is 147 Å². The van der Waals surface area contributed by atoms with Crippen LogP contribution in [0.4, 0.5) is 0 Å². The Kier molecular flexibility index (Phi) is 3.97. The molecule has 1 aliphatic heterocycles. The van der Waals surface area contributed by atoms with Gasteiger partial charge in [-0.3, -0.25) is 4.79 Å². The number of nitrogens with one attached hydrogen (secondary N) is 1. The van der Waals surface area contributed by atoms with Crippen LogP contribution in [0.1, 0.15) is 42.0 Å². The maximum atomic E-state index is 12.5. The molecule has 2 aromatic rings. The van der Waals surface area contributed by atoms with Crippen LogP contribution in [-0.2, 0) is 11.2 Å². The number of carbonyl (C=O) groups is 1. The van der Waals surface area contributed by atoms with Crippen LogP contribution >= 0.6 is 11.6 Å². The first kappa shape index (κ1) is 15.5. The summed E-state index contributed by atoms with van der Waals surface area (Å²) >= 11 is 6.24. The smallest absolute Gasteiger partial charge is 0.224 e. The Morgan fingerprint density at radius 1 is 1.29 bits per heavy atom. The molecule has 0 spiro atoms. The molecule has 2 aliphatic rings. The van der Waals surface area contributed by atoms with Crippen molar-refractivity contribution in [1.29, 1.82) is 0 Å². The van der Waals surface area contributed by atoms with Crippen molar-refractivity contribution in [3.8, 4) is 5.75 Å². The number of rotatable bonds is 4. The van der Waals surface area contributed by atoms with E-state index in [4.69, 9.17) is 16.3 Å². The van der Waals surface area contributed by atoms with E-state index in [9.17, 15) is 4.79 Å². The van der Waals surface area contributed by atoms with E-state index in [-0.39, 0.29) is 23.8 Å². The van der Waals surface area contributed by atoms with Gasteiger partial charge in [0.05, 0.1) is 12.6 Å². The highest BCUT2D eigenvalue weighted by molar-refractivity contribution is 6.31. The lowest BCUT2D eigenvalue weighted by Gasteiger charge is -2.15. The normalized spacial score (nSPS) is 22.4. The van der Waals surface area contributed by atoms with Gasteiger partial charge in [0.15, 0.2) is 0 Å². The van der Waals surface area contributed by atoms with Gasteiger partial charge in [-0.2, -0.15) is 0 Å². The number of carbonyl (C=O) groups excluding carboxylic acids is 1. The van der Waals surface area contributed by atoms with E-state index in [1.807, 2.05) is 43.3 Å². The molecule has 0 aromatic heterocycles. The highest BCUT2D eigenvalue weighted by atomic mass is 35.5. The van der Waals surface area contributed by atoms with Gasteiger partial charge in [0.2, 0.25) is 5.91 Å². The average molecular weight is 342 g/mol. The Morgan fingerprint density at radius 3 is 2.96 bits per heavy atom. The molecule has 24 heavy (non-hydrogen) atoms. The molecule has 0 bridgehead atoms. The molecule has 1 aliphatic carbocycles. The fraction of sp³-hybridized carbons (Fsp3) is 0.350. The van der Waals surface area contributed by atoms with Crippen LogP contribution in [0, 0.1) is 5.92 Å². The monoisotopic (exact) mass is 341 g/mol. The van der Waals surface area contributed by atoms with Crippen molar-refractivity contribution >= 4 is 17.5 Å². The topological polar surface area (TPSA) is 38.3 Å². The Morgan fingerprint density at radius 2 is 2.12 bits per heavy atom. The van der Waals surface area contributed by atoms with E-state index in [2.05, 4.69) is 11.4 Å². The van der Waals surface area contributed by atoms with Crippen molar-refractivity contribution in [3.05, 3.63) is 64.2 Å². The summed E-state index contributed by atoms with van der Waals surface area (Å²) in [6, 6.07) is 14.0. The van der Waals surface area contributed by atoms with Crippen molar-refractivity contribution in [3.63, 3.8) is 0 Å². The molecule has 1 saturated carbocycles. The van der Waals surface area contributed by atoms with Crippen molar-refractivity contribution in [2.24, 2.45) is 5.92 Å². The molecule has 3 unspecified atom stereocenters. The van der Waals surface area contributed by atoms with Gasteiger partial charge in [0.1, 0.15) is 5.75 Å². The van der Waals surface area contributed by atoms with E-state index in [0.29, 0.717) is 0 Å². The SMILES string of the molecule is CC(NC(=O)C1CC1c1ccccc1Cl)c1ccc2c(c1)CCO2. The van der Waals surface area contributed by atoms with Crippen LogP contribution in [0.15, 0.2) is 42.5 Å². The highest BCUT2D eigenvalue weighted by Crippen LogP contribution is 2.49. The second kappa shape index (κ2) is 6.14. The molecule has 1 amide bonds. The summed E-state index contributed by atoms with van der Waals surface area (Å²) in [7, 11) is 0. The lowest BCUT2D eigenvalue weighted by Crippen LogP contribution is -2.28. The summed E-state index contributed by atoms with van der Waals surface area (Å²) in [6.07, 6.45) is 1.82. The van der Waals surface area contributed by atoms with E-state index < -0.39 is 0 Å². The Bertz CT molecular complexity index is 789. The van der Waals surface area contributed by atoms with Crippen molar-refractivity contribution in [1.82, 2.24) is 5.32 Å². The molecule has 0 radical (unpaired) electrons. The lowest BCUT2D eigenvalue weighted by atomic mass is 10.0. The molecule has 3 atom stereocenters. The van der Waals surface area contributed by atoms with Gasteiger partial charge >= 0.3 is 0 Å². The Hall–Kier alpha value is -2.00. The van der Waals surface area contributed by atoms with E-state index in [1.165, 1.54) is 5.56 Å². The lowest BCUT2D eigenvalue weighted by molar-refractivity contribution is -0.123. The maximum Gasteiger partial charge on any atom is 0.224 e. The standard InChI is InChI=1S/C20H20ClNO2/c1-12(13-6-7-19-14(10-13)8-9-24-19)22-20(23)17-11-16(17)15-4-2-3-5-18(15)21/h2-7,10,12,16-17H,8-9,11H2,1H3,(H,22,23). The number of fused-ring (bicyclic) bond motifs is 1. The van der Waals surface area contributed by atoms with Crippen LogP contribution in [0.2, 0.25) is 5.02 Å². The van der Waals surface area contributed by atoms with Gasteiger partial charge in [-0.25, -0.2) is 0 Å². The molecular weight excluding hydrogens is 322 g/mol. The molecule has 2 aromatic carbocycles. The zero-order valence-electron chi connectivity index (χ0n) is 13.6. The molecule has 1 N–H and O–H groups in total. The van der Waals surface area contributed by atoms with Crippen LogP contribution < -0.4 is 10.1 Å². The van der Waals surface area contributed by atoms with Gasteiger partial charge < -0.3 is 10.1 Å². The average Bonchev–Trinajstić information content (AvgIpc) is 3.24. The quantitative estimate of drug-likeness (QED) is 0.902. The molecule has 3 nitrogen and oxygen atoms in total. The number of hydrogen-bond donors (Lipinski definition) is 1. The summed E-state index contributed by atoms with van der Waals surface area (Å²) in [5, 5.41) is 3.90. The highest BCUT2D eigenvalue weighted by Gasteiger charge is 2.45. The molecule has 0 saturated heterocycles. The minimum absolute atomic E-state index is 0.00380. The molecule has 4 heteroatoms. The summed E-state index contributed by atoms with van der Waals surface area (Å²) in [5.41, 5.74) is 3.44. The summed E-state index contributed by atoms with van der Waals surface area (Å²) < 4.78 is 5.54. The fourth-order valence-electron chi connectivity index (χ4n) is 3.48. The van der Waals surface area contributed by atoms with Crippen LogP contribution in [0.25, 0.3) is 0 Å². The van der Waals surface area contributed by atoms with Crippen LogP contribution in [-0.4, -0.2) is 12.5 Å². The number of hydrogen-bond acceptors (Lipinski definition) is 2. The number of halogens is 1. The first-order chi connectivity index (χ1) is 11.6. The number of ether oxygens (including phenoxy) is 1. The van der Waals surface area contributed by atoms with Gasteiger partial charge in [0.25, 0.3) is 0 Å². The third kappa shape index (κ3) is 2.89. The molecule has 4 rings (SSSR count).